The van der Waals surface area contributed by atoms with E-state index in [4.69, 9.17) is 21.5 Å². The SMILES string of the molecule is O=C(CCN1CCC(n2c(=O)[nH]c3ccccc32)CC1)NCc1ccc(Cl)cc1.O=C(O)C(F)(F)F. The van der Waals surface area contributed by atoms with E-state index in [0.717, 1.165) is 49.1 Å². The van der Waals surface area contributed by atoms with E-state index < -0.39 is 12.1 Å². The van der Waals surface area contributed by atoms with Crippen molar-refractivity contribution in [1.29, 1.82) is 0 Å². The number of hydrogen-bond acceptors (Lipinski definition) is 4. The molecule has 8 nitrogen and oxygen atoms in total. The quantitative estimate of drug-likeness (QED) is 0.451. The lowest BCUT2D eigenvalue weighted by Crippen LogP contribution is -2.38. The number of aliphatic carboxylic acids is 1. The first kappa shape index (κ1) is 27.3. The number of nitrogens with one attached hydrogen (secondary N) is 2. The number of carbonyl (C=O) groups is 2. The van der Waals surface area contributed by atoms with E-state index in [9.17, 15) is 22.8 Å². The Kier molecular flexibility index (Phi) is 9.16. The Bertz CT molecular complexity index is 1230. The second kappa shape index (κ2) is 12.1. The molecule has 0 aliphatic carbocycles. The van der Waals surface area contributed by atoms with Crippen LogP contribution in [0.15, 0.2) is 53.3 Å². The van der Waals surface area contributed by atoms with Crippen LogP contribution >= 0.6 is 11.6 Å². The molecule has 194 valence electrons. The monoisotopic (exact) mass is 526 g/mol. The number of carboxylic acid groups (broad SMARTS) is 1. The van der Waals surface area contributed by atoms with Gasteiger partial charge < -0.3 is 20.3 Å². The summed E-state index contributed by atoms with van der Waals surface area (Å²) in [6.45, 7) is 3.03. The van der Waals surface area contributed by atoms with Crippen molar-refractivity contribution in [3.8, 4) is 0 Å². The summed E-state index contributed by atoms with van der Waals surface area (Å²) in [6, 6.07) is 15.5. The van der Waals surface area contributed by atoms with Crippen LogP contribution in [-0.2, 0) is 16.1 Å². The molecule has 1 amide bonds. The van der Waals surface area contributed by atoms with Gasteiger partial charge in [-0.05, 0) is 42.7 Å². The number of para-hydroxylation sites is 2. The van der Waals surface area contributed by atoms with Gasteiger partial charge in [-0.25, -0.2) is 9.59 Å². The number of rotatable bonds is 6. The maximum atomic E-state index is 12.4. The number of piperidine rings is 1. The zero-order valence-electron chi connectivity index (χ0n) is 19.2. The van der Waals surface area contributed by atoms with Crippen LogP contribution in [-0.4, -0.2) is 57.2 Å². The van der Waals surface area contributed by atoms with Crippen molar-refractivity contribution in [2.45, 2.75) is 38.0 Å². The fraction of sp³-hybridized carbons (Fsp3) is 0.375. The Balaban J connectivity index is 0.000000454. The number of alkyl halides is 3. The number of fused-ring (bicyclic) bond motifs is 1. The average Bonchev–Trinajstić information content (AvgIpc) is 3.18. The zero-order chi connectivity index (χ0) is 26.3. The zero-order valence-corrected chi connectivity index (χ0v) is 20.0. The first-order chi connectivity index (χ1) is 17.0. The molecule has 36 heavy (non-hydrogen) atoms. The molecule has 3 N–H and O–H groups in total. The number of aromatic amines is 1. The third-order valence-corrected chi connectivity index (χ3v) is 6.10. The fourth-order valence-corrected chi connectivity index (χ4v) is 4.11. The molecule has 0 unspecified atom stereocenters. The molecule has 4 rings (SSSR count). The van der Waals surface area contributed by atoms with Crippen molar-refractivity contribution in [2.24, 2.45) is 0 Å². The number of imidazole rings is 1. The summed E-state index contributed by atoms with van der Waals surface area (Å²) < 4.78 is 33.6. The molecule has 0 saturated carbocycles. The molecule has 12 heteroatoms. The number of carbonyl (C=O) groups excluding carboxylic acids is 1. The second-order valence-corrected chi connectivity index (χ2v) is 8.78. The van der Waals surface area contributed by atoms with Crippen LogP contribution in [0.25, 0.3) is 11.0 Å². The molecule has 2 heterocycles. The van der Waals surface area contributed by atoms with Gasteiger partial charge in [-0.1, -0.05) is 35.9 Å². The highest BCUT2D eigenvalue weighted by atomic mass is 35.5. The highest BCUT2D eigenvalue weighted by Gasteiger charge is 2.38. The van der Waals surface area contributed by atoms with Crippen molar-refractivity contribution in [3.05, 3.63) is 69.6 Å². The minimum atomic E-state index is -5.08. The number of H-pyrrole nitrogens is 1. The van der Waals surface area contributed by atoms with E-state index in [0.29, 0.717) is 18.0 Å². The summed E-state index contributed by atoms with van der Waals surface area (Å²) in [7, 11) is 0. The Labute approximate surface area is 209 Å². The summed E-state index contributed by atoms with van der Waals surface area (Å²) in [4.78, 5) is 38.7. The molecule has 2 aromatic carbocycles. The first-order valence-corrected chi connectivity index (χ1v) is 11.6. The van der Waals surface area contributed by atoms with Gasteiger partial charge in [0.1, 0.15) is 0 Å². The molecular weight excluding hydrogens is 501 g/mol. The van der Waals surface area contributed by atoms with E-state index in [2.05, 4.69) is 15.2 Å². The second-order valence-electron chi connectivity index (χ2n) is 8.35. The number of benzene rings is 2. The number of nitrogens with zero attached hydrogens (tertiary/aromatic N) is 2. The van der Waals surface area contributed by atoms with Gasteiger partial charge in [0, 0.05) is 43.7 Å². The molecule has 0 spiro atoms. The predicted octanol–water partition coefficient (Wildman–Crippen LogP) is 3.96. The van der Waals surface area contributed by atoms with Gasteiger partial charge >= 0.3 is 17.8 Å². The summed E-state index contributed by atoms with van der Waals surface area (Å²) in [6.07, 6.45) is -2.78. The third kappa shape index (κ3) is 7.59. The van der Waals surface area contributed by atoms with Crippen LogP contribution in [0.4, 0.5) is 13.2 Å². The molecule has 1 saturated heterocycles. The first-order valence-electron chi connectivity index (χ1n) is 11.3. The number of carboxylic acids is 1. The molecule has 0 radical (unpaired) electrons. The van der Waals surface area contributed by atoms with Crippen LogP contribution in [0.3, 0.4) is 0 Å². The molecule has 3 aromatic rings. The highest BCUT2D eigenvalue weighted by Crippen LogP contribution is 2.24. The van der Waals surface area contributed by atoms with Crippen molar-refractivity contribution in [3.63, 3.8) is 0 Å². The van der Waals surface area contributed by atoms with Crippen LogP contribution in [0.5, 0.6) is 0 Å². The summed E-state index contributed by atoms with van der Waals surface area (Å²) in [5.41, 5.74) is 2.86. The molecule has 1 fully saturated rings. The topological polar surface area (TPSA) is 107 Å². The number of amides is 1. The van der Waals surface area contributed by atoms with Gasteiger partial charge in [0.05, 0.1) is 11.0 Å². The van der Waals surface area contributed by atoms with Gasteiger partial charge in [0.25, 0.3) is 0 Å². The molecule has 1 aliphatic rings. The van der Waals surface area contributed by atoms with Gasteiger partial charge in [-0.15, -0.1) is 0 Å². The summed E-state index contributed by atoms with van der Waals surface area (Å²) >= 11 is 5.88. The van der Waals surface area contributed by atoms with Crippen LogP contribution in [0.2, 0.25) is 5.02 Å². The lowest BCUT2D eigenvalue weighted by atomic mass is 10.0. The van der Waals surface area contributed by atoms with Gasteiger partial charge in [-0.2, -0.15) is 13.2 Å². The Morgan fingerprint density at radius 3 is 2.31 bits per heavy atom. The Morgan fingerprint density at radius 2 is 1.69 bits per heavy atom. The standard InChI is InChI=1S/C22H25ClN4O2.C2HF3O2/c23-17-7-5-16(6-8-17)15-24-21(28)11-14-26-12-9-18(10-13-26)27-20-4-2-1-3-19(20)25-22(27)29;3-2(4,5)1(6)7/h1-8,18H,9-15H2,(H,24,28)(H,25,29);(H,6,7). The Hall–Kier alpha value is -3.31. The van der Waals surface area contributed by atoms with Crippen LogP contribution < -0.4 is 11.0 Å². The third-order valence-electron chi connectivity index (χ3n) is 5.85. The highest BCUT2D eigenvalue weighted by molar-refractivity contribution is 6.30. The molecule has 0 atom stereocenters. The van der Waals surface area contributed by atoms with Crippen molar-refractivity contribution in [2.75, 3.05) is 19.6 Å². The van der Waals surface area contributed by atoms with E-state index in [1.54, 1.807) is 0 Å². The van der Waals surface area contributed by atoms with Crippen LogP contribution in [0.1, 0.15) is 30.9 Å². The van der Waals surface area contributed by atoms with E-state index >= 15 is 0 Å². The van der Waals surface area contributed by atoms with E-state index in [1.165, 1.54) is 0 Å². The minimum absolute atomic E-state index is 0.0359. The lowest BCUT2D eigenvalue weighted by Gasteiger charge is -2.32. The van der Waals surface area contributed by atoms with E-state index in [-0.39, 0.29) is 17.6 Å². The number of halogens is 4. The van der Waals surface area contributed by atoms with Crippen molar-refractivity contribution in [1.82, 2.24) is 19.8 Å². The minimum Gasteiger partial charge on any atom is -0.475 e. The predicted molar refractivity (Wildman–Crippen MR) is 129 cm³/mol. The average molecular weight is 527 g/mol. The molecule has 1 aliphatic heterocycles. The normalized spacial score (nSPS) is 14.8. The van der Waals surface area contributed by atoms with Gasteiger partial charge in [0.15, 0.2) is 0 Å². The number of likely N-dealkylation sites (tertiary alicyclic amines) is 1. The Morgan fingerprint density at radius 1 is 1.08 bits per heavy atom. The smallest absolute Gasteiger partial charge is 0.475 e. The molecule has 0 bridgehead atoms. The van der Waals surface area contributed by atoms with Crippen molar-refractivity contribution >= 4 is 34.5 Å². The number of hydrogen-bond donors (Lipinski definition) is 3. The maximum Gasteiger partial charge on any atom is 0.490 e. The van der Waals surface area contributed by atoms with Crippen molar-refractivity contribution < 1.29 is 27.9 Å². The largest absolute Gasteiger partial charge is 0.490 e. The van der Waals surface area contributed by atoms with E-state index in [1.807, 2.05) is 53.1 Å². The van der Waals surface area contributed by atoms with Crippen LogP contribution in [0, 0.1) is 0 Å². The van der Waals surface area contributed by atoms with Gasteiger partial charge in [-0.3, -0.25) is 9.36 Å². The number of aromatic nitrogens is 2. The molecule has 1 aromatic heterocycles. The maximum absolute atomic E-state index is 12.4. The fourth-order valence-electron chi connectivity index (χ4n) is 3.99. The molecular formula is C24H26ClF3N4O4. The lowest BCUT2D eigenvalue weighted by molar-refractivity contribution is -0.192. The van der Waals surface area contributed by atoms with Gasteiger partial charge in [0.2, 0.25) is 5.91 Å². The summed E-state index contributed by atoms with van der Waals surface area (Å²) in [5, 5.41) is 10.8. The summed E-state index contributed by atoms with van der Waals surface area (Å²) in [5.74, 6) is -2.71.